The van der Waals surface area contributed by atoms with Crippen molar-refractivity contribution in [1.29, 1.82) is 0 Å². The van der Waals surface area contributed by atoms with Crippen molar-refractivity contribution in [3.63, 3.8) is 0 Å². The molecule has 0 bridgehead atoms. The average Bonchev–Trinajstić information content (AvgIpc) is 2.68. The van der Waals surface area contributed by atoms with Gasteiger partial charge in [0.05, 0.1) is 19.2 Å². The number of rotatable bonds is 6. The Kier molecular flexibility index (Phi) is 5.58. The molecule has 1 rings (SSSR count). The van der Waals surface area contributed by atoms with Gasteiger partial charge in [-0.15, -0.1) is 11.3 Å². The molecule has 0 aliphatic carbocycles. The number of alkyl halides is 3. The molecule has 0 aromatic carbocycles. The van der Waals surface area contributed by atoms with E-state index in [-0.39, 0.29) is 13.2 Å². The van der Waals surface area contributed by atoms with Crippen molar-refractivity contribution < 1.29 is 18.3 Å². The largest absolute Gasteiger partial charge is 0.401 e. The second-order valence-electron chi connectivity index (χ2n) is 4.13. The van der Waals surface area contributed by atoms with Crippen LogP contribution >= 0.6 is 11.3 Å². The highest BCUT2D eigenvalue weighted by Gasteiger charge is 2.35. The number of thiophene rings is 1. The summed E-state index contributed by atoms with van der Waals surface area (Å²) in [4.78, 5) is 1.96. The average molecular weight is 282 g/mol. The van der Waals surface area contributed by atoms with Crippen LogP contribution in [-0.4, -0.2) is 41.9 Å². The molecule has 3 nitrogen and oxygen atoms in total. The number of hydrogen-bond donors (Lipinski definition) is 2. The topological polar surface area (TPSA) is 49.5 Å². The summed E-state index contributed by atoms with van der Waals surface area (Å²) in [6.07, 6.45) is -4.31. The van der Waals surface area contributed by atoms with Crippen LogP contribution in [0.4, 0.5) is 13.2 Å². The van der Waals surface area contributed by atoms with Gasteiger partial charge >= 0.3 is 6.18 Å². The molecule has 2 unspecified atom stereocenters. The minimum absolute atomic E-state index is 0.0520. The fourth-order valence-electron chi connectivity index (χ4n) is 1.91. The van der Waals surface area contributed by atoms with Crippen LogP contribution in [0.1, 0.15) is 17.8 Å². The maximum atomic E-state index is 12.5. The number of nitrogens with two attached hydrogens (primary N) is 1. The Bertz CT molecular complexity index is 341. The smallest absolute Gasteiger partial charge is 0.395 e. The van der Waals surface area contributed by atoms with E-state index in [0.717, 1.165) is 4.88 Å². The normalized spacial score (nSPS) is 15.9. The molecular weight excluding hydrogens is 265 g/mol. The molecule has 1 aromatic heterocycles. The van der Waals surface area contributed by atoms with Crippen LogP contribution in [0.3, 0.4) is 0 Å². The number of hydrogen-bond acceptors (Lipinski definition) is 4. The molecule has 3 N–H and O–H groups in total. The van der Waals surface area contributed by atoms with Gasteiger partial charge in [-0.1, -0.05) is 6.07 Å². The summed E-state index contributed by atoms with van der Waals surface area (Å²) in [5.74, 6) is 0. The Hall–Kier alpha value is -0.630. The first-order chi connectivity index (χ1) is 8.35. The van der Waals surface area contributed by atoms with E-state index in [9.17, 15) is 13.2 Å². The second kappa shape index (κ2) is 6.51. The molecule has 0 saturated carbocycles. The molecule has 0 aliphatic heterocycles. The van der Waals surface area contributed by atoms with E-state index in [4.69, 9.17) is 10.8 Å². The van der Waals surface area contributed by atoms with Crippen molar-refractivity contribution in [2.45, 2.75) is 25.2 Å². The third kappa shape index (κ3) is 4.56. The summed E-state index contributed by atoms with van der Waals surface area (Å²) in [5, 5.41) is 10.7. The number of halogens is 3. The van der Waals surface area contributed by atoms with Crippen molar-refractivity contribution in [3.8, 4) is 0 Å². The van der Waals surface area contributed by atoms with Crippen LogP contribution in [0.15, 0.2) is 17.5 Å². The van der Waals surface area contributed by atoms with Gasteiger partial charge in [0.15, 0.2) is 0 Å². The van der Waals surface area contributed by atoms with E-state index in [1.54, 1.807) is 24.4 Å². The van der Waals surface area contributed by atoms with Crippen LogP contribution in [0.25, 0.3) is 0 Å². The first kappa shape index (κ1) is 15.4. The van der Waals surface area contributed by atoms with E-state index in [1.807, 2.05) is 0 Å². The number of aliphatic hydroxyl groups is 1. The van der Waals surface area contributed by atoms with Gasteiger partial charge in [-0.3, -0.25) is 4.90 Å². The highest BCUT2D eigenvalue weighted by molar-refractivity contribution is 7.10. The van der Waals surface area contributed by atoms with E-state index >= 15 is 0 Å². The van der Waals surface area contributed by atoms with Gasteiger partial charge in [0.2, 0.25) is 0 Å². The summed E-state index contributed by atoms with van der Waals surface area (Å²) in [5.41, 5.74) is 5.79. The fraction of sp³-hybridized carbons (Fsp3) is 0.636. The van der Waals surface area contributed by atoms with E-state index in [0.29, 0.717) is 0 Å². The Morgan fingerprint density at radius 2 is 2.17 bits per heavy atom. The standard InChI is InChI=1S/C11H17F3N2OS/c1-8(15)10(9-3-2-6-18-9)16(4-5-17)7-11(12,13)14/h2-3,6,8,10,17H,4-5,7,15H2,1H3. The van der Waals surface area contributed by atoms with Crippen LogP contribution < -0.4 is 5.73 Å². The predicted octanol–water partition coefficient (Wildman–Crippen LogP) is 1.99. The highest BCUT2D eigenvalue weighted by atomic mass is 32.1. The van der Waals surface area contributed by atoms with Gasteiger partial charge in [-0.2, -0.15) is 13.2 Å². The van der Waals surface area contributed by atoms with Crippen LogP contribution in [0, 0.1) is 0 Å². The third-order valence-electron chi connectivity index (χ3n) is 2.50. The maximum absolute atomic E-state index is 12.5. The zero-order valence-corrected chi connectivity index (χ0v) is 10.8. The van der Waals surface area contributed by atoms with Gasteiger partial charge in [-0.05, 0) is 18.4 Å². The van der Waals surface area contributed by atoms with Gasteiger partial charge in [0.25, 0.3) is 0 Å². The minimum Gasteiger partial charge on any atom is -0.395 e. The highest BCUT2D eigenvalue weighted by Crippen LogP contribution is 2.30. The van der Waals surface area contributed by atoms with Crippen molar-refractivity contribution in [2.24, 2.45) is 5.73 Å². The van der Waals surface area contributed by atoms with Crippen LogP contribution in [0.5, 0.6) is 0 Å². The summed E-state index contributed by atoms with van der Waals surface area (Å²) in [7, 11) is 0. The Labute approximate surface area is 108 Å². The zero-order chi connectivity index (χ0) is 13.8. The quantitative estimate of drug-likeness (QED) is 0.839. The summed E-state index contributed by atoms with van der Waals surface area (Å²) < 4.78 is 37.6. The molecule has 1 aromatic rings. The molecule has 18 heavy (non-hydrogen) atoms. The predicted molar refractivity (Wildman–Crippen MR) is 65.4 cm³/mol. The molecule has 0 spiro atoms. The first-order valence-corrected chi connectivity index (χ1v) is 6.43. The van der Waals surface area contributed by atoms with E-state index < -0.39 is 24.8 Å². The molecule has 0 aliphatic rings. The summed E-state index contributed by atoms with van der Waals surface area (Å²) >= 11 is 1.37. The van der Waals surface area contributed by atoms with Crippen LogP contribution in [-0.2, 0) is 0 Å². The fourth-order valence-corrected chi connectivity index (χ4v) is 2.88. The van der Waals surface area contributed by atoms with Crippen LogP contribution in [0.2, 0.25) is 0 Å². The maximum Gasteiger partial charge on any atom is 0.401 e. The zero-order valence-electron chi connectivity index (χ0n) is 10.0. The summed E-state index contributed by atoms with van der Waals surface area (Å²) in [6.45, 7) is 0.219. The monoisotopic (exact) mass is 282 g/mol. The number of aliphatic hydroxyl groups excluding tert-OH is 1. The van der Waals surface area contributed by atoms with Gasteiger partial charge in [-0.25, -0.2) is 0 Å². The molecule has 0 fully saturated rings. The SMILES string of the molecule is CC(N)C(c1cccs1)N(CCO)CC(F)(F)F. The van der Waals surface area contributed by atoms with Crippen molar-refractivity contribution in [3.05, 3.63) is 22.4 Å². The lowest BCUT2D eigenvalue weighted by Crippen LogP contribution is -2.44. The third-order valence-corrected chi connectivity index (χ3v) is 3.44. The molecule has 0 radical (unpaired) electrons. The molecule has 1 heterocycles. The lowest BCUT2D eigenvalue weighted by atomic mass is 10.1. The Morgan fingerprint density at radius 3 is 2.56 bits per heavy atom. The van der Waals surface area contributed by atoms with Crippen molar-refractivity contribution in [1.82, 2.24) is 4.90 Å². The summed E-state index contributed by atoms with van der Waals surface area (Å²) in [6, 6.07) is 2.57. The molecule has 0 amide bonds. The second-order valence-corrected chi connectivity index (χ2v) is 5.11. The lowest BCUT2D eigenvalue weighted by molar-refractivity contribution is -0.152. The van der Waals surface area contributed by atoms with Crippen molar-refractivity contribution >= 4 is 11.3 Å². The molecule has 2 atom stereocenters. The molecule has 104 valence electrons. The number of nitrogens with zero attached hydrogens (tertiary/aromatic N) is 1. The molecule has 0 saturated heterocycles. The van der Waals surface area contributed by atoms with E-state index in [1.165, 1.54) is 16.2 Å². The minimum atomic E-state index is -4.31. The van der Waals surface area contributed by atoms with Gasteiger partial charge in [0.1, 0.15) is 0 Å². The van der Waals surface area contributed by atoms with Gasteiger partial charge in [0, 0.05) is 17.5 Å². The first-order valence-electron chi connectivity index (χ1n) is 5.56. The Balaban J connectivity index is 2.92. The van der Waals surface area contributed by atoms with Crippen molar-refractivity contribution in [2.75, 3.05) is 19.7 Å². The van der Waals surface area contributed by atoms with E-state index in [2.05, 4.69) is 0 Å². The molecule has 7 heteroatoms. The Morgan fingerprint density at radius 1 is 1.50 bits per heavy atom. The lowest BCUT2D eigenvalue weighted by Gasteiger charge is -2.33. The van der Waals surface area contributed by atoms with Gasteiger partial charge < -0.3 is 10.8 Å². The molecular formula is C11H17F3N2OS.